The molecular weight excluding hydrogens is 404 g/mol. The van der Waals surface area contributed by atoms with Gasteiger partial charge in [0.1, 0.15) is 0 Å². The molecule has 0 fully saturated rings. The minimum atomic E-state index is -4.52. The average Bonchev–Trinajstić information content (AvgIpc) is 2.48. The van der Waals surface area contributed by atoms with Crippen molar-refractivity contribution >= 4 is 44.9 Å². The summed E-state index contributed by atoms with van der Waals surface area (Å²) < 4.78 is 63.2. The molecule has 0 heterocycles. The van der Waals surface area contributed by atoms with Gasteiger partial charge in [-0.05, 0) is 42.5 Å². The number of sulfonamides is 1. The van der Waals surface area contributed by atoms with Crippen molar-refractivity contribution in [2.24, 2.45) is 0 Å². The molecule has 25 heavy (non-hydrogen) atoms. The highest BCUT2D eigenvalue weighted by Crippen LogP contribution is 2.30. The number of amides is 2. The Labute approximate surface area is 150 Å². The SMILES string of the molecule is O=C(Nc1ccc(C(F)(F)F)cc1)NS(=O)(=O)c1ccc(Cl)c(Cl)c1. The van der Waals surface area contributed by atoms with Gasteiger partial charge < -0.3 is 5.32 Å². The van der Waals surface area contributed by atoms with E-state index in [4.69, 9.17) is 23.2 Å². The van der Waals surface area contributed by atoms with Crippen LogP contribution in [-0.2, 0) is 16.2 Å². The summed E-state index contributed by atoms with van der Waals surface area (Å²) in [7, 11) is -4.24. The number of anilines is 1. The Bertz CT molecular complexity index is 901. The fraction of sp³-hybridized carbons (Fsp3) is 0.0714. The number of hydrogen-bond acceptors (Lipinski definition) is 3. The summed E-state index contributed by atoms with van der Waals surface area (Å²) in [5.74, 6) is 0. The number of halogens is 5. The molecule has 0 saturated heterocycles. The van der Waals surface area contributed by atoms with Crippen LogP contribution >= 0.6 is 23.2 Å². The fourth-order valence-corrected chi connectivity index (χ4v) is 3.02. The number of alkyl halides is 3. The molecule has 5 nitrogen and oxygen atoms in total. The van der Waals surface area contributed by atoms with E-state index < -0.39 is 27.8 Å². The van der Waals surface area contributed by atoms with Crippen LogP contribution in [0.15, 0.2) is 47.4 Å². The molecule has 11 heteroatoms. The molecule has 0 aliphatic carbocycles. The summed E-state index contributed by atoms with van der Waals surface area (Å²) in [6.45, 7) is 0. The van der Waals surface area contributed by atoms with Crippen LogP contribution in [0.4, 0.5) is 23.7 Å². The zero-order chi connectivity index (χ0) is 18.8. The minimum absolute atomic E-state index is 0.0187. The average molecular weight is 413 g/mol. The molecule has 0 atom stereocenters. The van der Waals surface area contributed by atoms with Gasteiger partial charge in [-0.3, -0.25) is 0 Å². The van der Waals surface area contributed by atoms with Gasteiger partial charge in [-0.2, -0.15) is 13.2 Å². The van der Waals surface area contributed by atoms with E-state index in [9.17, 15) is 26.4 Å². The summed E-state index contributed by atoms with van der Waals surface area (Å²) in [5, 5.41) is 2.23. The van der Waals surface area contributed by atoms with Gasteiger partial charge in [-0.1, -0.05) is 23.2 Å². The van der Waals surface area contributed by atoms with E-state index in [1.54, 1.807) is 4.72 Å². The van der Waals surface area contributed by atoms with Crippen molar-refractivity contribution in [2.75, 3.05) is 5.32 Å². The lowest BCUT2D eigenvalue weighted by Gasteiger charge is -2.10. The van der Waals surface area contributed by atoms with Crippen molar-refractivity contribution in [3.05, 3.63) is 58.1 Å². The highest BCUT2D eigenvalue weighted by molar-refractivity contribution is 7.90. The van der Waals surface area contributed by atoms with Gasteiger partial charge in [0.25, 0.3) is 10.0 Å². The van der Waals surface area contributed by atoms with Gasteiger partial charge >= 0.3 is 12.2 Å². The van der Waals surface area contributed by atoms with E-state index in [0.717, 1.165) is 36.4 Å². The standard InChI is InChI=1S/C14H9Cl2F3N2O3S/c15-11-6-5-10(7-12(11)16)25(23,24)21-13(22)20-9-3-1-8(2-4-9)14(17,18)19/h1-7H,(H2,20,21,22). The topological polar surface area (TPSA) is 75.3 Å². The van der Waals surface area contributed by atoms with Crippen molar-refractivity contribution in [2.45, 2.75) is 11.1 Å². The predicted octanol–water partition coefficient (Wildman–Crippen LogP) is 4.52. The molecule has 0 spiro atoms. The molecule has 0 saturated carbocycles. The first-order valence-electron chi connectivity index (χ1n) is 6.45. The number of hydrogen-bond donors (Lipinski definition) is 2. The van der Waals surface area contributed by atoms with Gasteiger partial charge in [0.05, 0.1) is 20.5 Å². The van der Waals surface area contributed by atoms with Crippen molar-refractivity contribution in [1.82, 2.24) is 4.72 Å². The van der Waals surface area contributed by atoms with Gasteiger partial charge in [-0.15, -0.1) is 0 Å². The third-order valence-electron chi connectivity index (χ3n) is 2.90. The zero-order valence-corrected chi connectivity index (χ0v) is 14.4. The Hall–Kier alpha value is -1.97. The van der Waals surface area contributed by atoms with Crippen LogP contribution < -0.4 is 10.0 Å². The highest BCUT2D eigenvalue weighted by atomic mass is 35.5. The summed E-state index contributed by atoms with van der Waals surface area (Å²) in [6, 6.07) is 5.78. The quantitative estimate of drug-likeness (QED) is 0.777. The molecule has 0 aliphatic rings. The number of benzene rings is 2. The first-order valence-corrected chi connectivity index (χ1v) is 8.69. The number of rotatable bonds is 3. The number of urea groups is 1. The molecule has 2 aromatic rings. The molecule has 0 aromatic heterocycles. The lowest BCUT2D eigenvalue weighted by molar-refractivity contribution is -0.137. The molecule has 0 aliphatic heterocycles. The summed E-state index contributed by atoms with van der Waals surface area (Å²) in [4.78, 5) is 11.5. The second kappa shape index (κ2) is 7.11. The predicted molar refractivity (Wildman–Crippen MR) is 87.2 cm³/mol. The Morgan fingerprint density at radius 2 is 1.56 bits per heavy atom. The Morgan fingerprint density at radius 3 is 2.08 bits per heavy atom. The van der Waals surface area contributed by atoms with Gasteiger partial charge in [0, 0.05) is 5.69 Å². The molecule has 0 bridgehead atoms. The van der Waals surface area contributed by atoms with Crippen LogP contribution in [0.5, 0.6) is 0 Å². The van der Waals surface area contributed by atoms with E-state index in [0.29, 0.717) is 0 Å². The summed E-state index contributed by atoms with van der Waals surface area (Å²) in [6.07, 6.45) is -4.52. The van der Waals surface area contributed by atoms with Crippen LogP contribution in [0.3, 0.4) is 0 Å². The monoisotopic (exact) mass is 412 g/mol. The Kier molecular flexibility index (Phi) is 5.50. The van der Waals surface area contributed by atoms with Crippen molar-refractivity contribution in [3.63, 3.8) is 0 Å². The Balaban J connectivity index is 2.09. The van der Waals surface area contributed by atoms with Crippen LogP contribution in [0.1, 0.15) is 5.56 Å². The van der Waals surface area contributed by atoms with Crippen LogP contribution in [-0.4, -0.2) is 14.4 Å². The van der Waals surface area contributed by atoms with Crippen LogP contribution in [0, 0.1) is 0 Å². The molecule has 0 unspecified atom stereocenters. The van der Waals surface area contributed by atoms with E-state index in [1.807, 2.05) is 0 Å². The third kappa shape index (κ3) is 5.00. The zero-order valence-electron chi connectivity index (χ0n) is 12.1. The minimum Gasteiger partial charge on any atom is -0.307 e. The largest absolute Gasteiger partial charge is 0.416 e. The summed E-state index contributed by atoms with van der Waals surface area (Å²) in [5.41, 5.74) is -0.920. The van der Waals surface area contributed by atoms with E-state index >= 15 is 0 Å². The van der Waals surface area contributed by atoms with E-state index in [-0.39, 0.29) is 20.6 Å². The lowest BCUT2D eigenvalue weighted by Crippen LogP contribution is -2.34. The molecule has 134 valence electrons. The van der Waals surface area contributed by atoms with Crippen molar-refractivity contribution < 1.29 is 26.4 Å². The molecule has 2 rings (SSSR count). The second-order valence-electron chi connectivity index (χ2n) is 4.71. The van der Waals surface area contributed by atoms with Crippen LogP contribution in [0.25, 0.3) is 0 Å². The lowest BCUT2D eigenvalue weighted by atomic mass is 10.2. The third-order valence-corrected chi connectivity index (χ3v) is 4.97. The second-order valence-corrected chi connectivity index (χ2v) is 7.21. The maximum absolute atomic E-state index is 12.5. The first-order chi connectivity index (χ1) is 11.5. The number of nitrogens with one attached hydrogen (secondary N) is 2. The van der Waals surface area contributed by atoms with Gasteiger partial charge in [0.15, 0.2) is 0 Å². The maximum atomic E-state index is 12.5. The fourth-order valence-electron chi connectivity index (χ4n) is 1.72. The van der Waals surface area contributed by atoms with Crippen molar-refractivity contribution in [3.8, 4) is 0 Å². The molecular formula is C14H9Cl2F3N2O3S. The smallest absolute Gasteiger partial charge is 0.307 e. The normalized spacial score (nSPS) is 11.9. The highest BCUT2D eigenvalue weighted by Gasteiger charge is 2.30. The first kappa shape index (κ1) is 19.4. The molecule has 2 N–H and O–H groups in total. The van der Waals surface area contributed by atoms with Crippen LogP contribution in [0.2, 0.25) is 10.0 Å². The van der Waals surface area contributed by atoms with E-state index in [2.05, 4.69) is 5.32 Å². The number of carbonyl (C=O) groups excluding carboxylic acids is 1. The maximum Gasteiger partial charge on any atom is 0.416 e. The van der Waals surface area contributed by atoms with Crippen molar-refractivity contribution in [1.29, 1.82) is 0 Å². The number of carbonyl (C=O) groups is 1. The molecule has 0 radical (unpaired) electrons. The Morgan fingerprint density at radius 1 is 0.960 bits per heavy atom. The summed E-state index contributed by atoms with van der Waals surface area (Å²) >= 11 is 11.4. The molecule has 2 amide bonds. The molecule has 2 aromatic carbocycles. The van der Waals surface area contributed by atoms with Gasteiger partial charge in [-0.25, -0.2) is 17.9 Å². The van der Waals surface area contributed by atoms with Gasteiger partial charge in [0.2, 0.25) is 0 Å². The van der Waals surface area contributed by atoms with E-state index in [1.165, 1.54) is 6.07 Å².